The molecular formula is C23H17F3N2S. The fraction of sp³-hybridized carbons (Fsp3) is 0.0870. The molecule has 29 heavy (non-hydrogen) atoms. The van der Waals surface area contributed by atoms with Gasteiger partial charge in [-0.25, -0.2) is 4.98 Å². The van der Waals surface area contributed by atoms with Crippen LogP contribution in [0.2, 0.25) is 0 Å². The van der Waals surface area contributed by atoms with E-state index in [4.69, 9.17) is 0 Å². The first-order valence-electron chi connectivity index (χ1n) is 8.96. The van der Waals surface area contributed by atoms with Crippen LogP contribution in [0.15, 0.2) is 96.5 Å². The standard InChI is InChI=1S/C23H17F3N2S/c24-23(25,26)20-13-11-19(12-14-20)22(17-7-3-1-4-8-17,18-9-5-2-6-10-18)28-21-27-15-16-29-21/h1-16H,(H,27,28). The van der Waals surface area contributed by atoms with E-state index < -0.39 is 17.3 Å². The number of alkyl halides is 3. The smallest absolute Gasteiger partial charge is 0.344 e. The molecule has 4 aromatic rings. The van der Waals surface area contributed by atoms with E-state index in [1.807, 2.05) is 66.0 Å². The highest BCUT2D eigenvalue weighted by Crippen LogP contribution is 2.41. The zero-order chi connectivity index (χ0) is 20.3. The van der Waals surface area contributed by atoms with Gasteiger partial charge in [0.05, 0.1) is 5.56 Å². The van der Waals surface area contributed by atoms with Crippen LogP contribution in [0.1, 0.15) is 22.3 Å². The molecule has 0 atom stereocenters. The average Bonchev–Trinajstić information content (AvgIpc) is 3.26. The van der Waals surface area contributed by atoms with Crippen molar-refractivity contribution in [1.29, 1.82) is 0 Å². The van der Waals surface area contributed by atoms with E-state index in [1.165, 1.54) is 23.5 Å². The summed E-state index contributed by atoms with van der Waals surface area (Å²) in [5.74, 6) is 0. The van der Waals surface area contributed by atoms with Crippen LogP contribution in [0.25, 0.3) is 0 Å². The Bertz CT molecular complexity index is 1010. The third-order valence-corrected chi connectivity index (χ3v) is 5.47. The maximum Gasteiger partial charge on any atom is 0.416 e. The molecule has 6 heteroatoms. The number of nitrogens with one attached hydrogen (secondary N) is 1. The fourth-order valence-electron chi connectivity index (χ4n) is 3.45. The summed E-state index contributed by atoms with van der Waals surface area (Å²) in [7, 11) is 0. The third kappa shape index (κ3) is 3.76. The van der Waals surface area contributed by atoms with Gasteiger partial charge in [0, 0.05) is 11.6 Å². The maximum absolute atomic E-state index is 13.1. The summed E-state index contributed by atoms with van der Waals surface area (Å²) in [4.78, 5) is 4.36. The number of thiazole rings is 1. The molecule has 3 aromatic carbocycles. The zero-order valence-corrected chi connectivity index (χ0v) is 16.0. The van der Waals surface area contributed by atoms with Crippen LogP contribution in [-0.4, -0.2) is 4.98 Å². The number of aromatic nitrogens is 1. The summed E-state index contributed by atoms with van der Waals surface area (Å²) in [5, 5.41) is 6.04. The van der Waals surface area contributed by atoms with Crippen molar-refractivity contribution in [3.63, 3.8) is 0 Å². The van der Waals surface area contributed by atoms with Gasteiger partial charge in [0.15, 0.2) is 5.13 Å². The first kappa shape index (κ1) is 19.2. The molecule has 146 valence electrons. The summed E-state index contributed by atoms with van der Waals surface area (Å²) in [6, 6.07) is 24.7. The lowest BCUT2D eigenvalue weighted by molar-refractivity contribution is -0.137. The number of hydrogen-bond acceptors (Lipinski definition) is 3. The van der Waals surface area contributed by atoms with Gasteiger partial charge >= 0.3 is 6.18 Å². The molecule has 0 aliphatic heterocycles. The minimum atomic E-state index is -4.39. The summed E-state index contributed by atoms with van der Waals surface area (Å²) in [5.41, 5.74) is 0.927. The van der Waals surface area contributed by atoms with Crippen LogP contribution in [0.3, 0.4) is 0 Å². The topological polar surface area (TPSA) is 24.9 Å². The monoisotopic (exact) mass is 410 g/mol. The molecule has 0 unspecified atom stereocenters. The highest BCUT2D eigenvalue weighted by molar-refractivity contribution is 7.13. The number of nitrogens with zero attached hydrogens (tertiary/aromatic N) is 1. The quantitative estimate of drug-likeness (QED) is 0.377. The van der Waals surface area contributed by atoms with Crippen LogP contribution >= 0.6 is 11.3 Å². The molecule has 0 radical (unpaired) electrons. The Hall–Kier alpha value is -3.12. The van der Waals surface area contributed by atoms with Crippen molar-refractivity contribution in [2.24, 2.45) is 0 Å². The van der Waals surface area contributed by atoms with Gasteiger partial charge < -0.3 is 5.32 Å². The average molecular weight is 410 g/mol. The molecule has 0 bridgehead atoms. The van der Waals surface area contributed by atoms with Crippen molar-refractivity contribution in [2.45, 2.75) is 11.7 Å². The highest BCUT2D eigenvalue weighted by atomic mass is 32.1. The minimum Gasteiger partial charge on any atom is -0.344 e. The van der Waals surface area contributed by atoms with Crippen LogP contribution in [0.5, 0.6) is 0 Å². The number of halogens is 3. The molecular weight excluding hydrogens is 393 g/mol. The van der Waals surface area contributed by atoms with Gasteiger partial charge in [-0.3, -0.25) is 0 Å². The molecule has 1 N–H and O–H groups in total. The van der Waals surface area contributed by atoms with Gasteiger partial charge in [-0.1, -0.05) is 72.8 Å². The van der Waals surface area contributed by atoms with Gasteiger partial charge in [-0.2, -0.15) is 13.2 Å². The molecule has 0 saturated carbocycles. The summed E-state index contributed by atoms with van der Waals surface area (Å²) >= 11 is 1.44. The van der Waals surface area contributed by atoms with Crippen molar-refractivity contribution in [3.8, 4) is 0 Å². The van der Waals surface area contributed by atoms with Gasteiger partial charge in [0.25, 0.3) is 0 Å². The molecule has 0 aliphatic rings. The molecule has 0 spiro atoms. The second kappa shape index (κ2) is 7.72. The first-order valence-corrected chi connectivity index (χ1v) is 9.84. The molecule has 0 aliphatic carbocycles. The molecule has 0 saturated heterocycles. The lowest BCUT2D eigenvalue weighted by atomic mass is 9.77. The molecule has 0 amide bonds. The third-order valence-electron chi connectivity index (χ3n) is 4.79. The number of anilines is 1. The largest absolute Gasteiger partial charge is 0.416 e. The Labute approximate surface area is 170 Å². The Morgan fingerprint density at radius 3 is 1.59 bits per heavy atom. The Morgan fingerprint density at radius 1 is 0.655 bits per heavy atom. The molecule has 2 nitrogen and oxygen atoms in total. The van der Waals surface area contributed by atoms with Crippen LogP contribution in [0, 0.1) is 0 Å². The predicted octanol–water partition coefficient (Wildman–Crippen LogP) is 6.57. The zero-order valence-electron chi connectivity index (χ0n) is 15.2. The van der Waals surface area contributed by atoms with E-state index >= 15 is 0 Å². The maximum atomic E-state index is 13.1. The van der Waals surface area contributed by atoms with Gasteiger partial charge in [-0.05, 0) is 28.8 Å². The Balaban J connectivity index is 1.97. The van der Waals surface area contributed by atoms with E-state index in [1.54, 1.807) is 6.20 Å². The van der Waals surface area contributed by atoms with E-state index in [9.17, 15) is 13.2 Å². The van der Waals surface area contributed by atoms with E-state index in [0.717, 1.165) is 23.3 Å². The van der Waals surface area contributed by atoms with Crippen molar-refractivity contribution >= 4 is 16.5 Å². The van der Waals surface area contributed by atoms with Crippen LogP contribution in [-0.2, 0) is 11.7 Å². The van der Waals surface area contributed by atoms with Crippen LogP contribution in [0.4, 0.5) is 18.3 Å². The number of benzene rings is 3. The van der Waals surface area contributed by atoms with Crippen molar-refractivity contribution in [2.75, 3.05) is 5.32 Å². The minimum absolute atomic E-state index is 0.675. The molecule has 4 rings (SSSR count). The summed E-state index contributed by atoms with van der Waals surface area (Å²) in [6.45, 7) is 0. The highest BCUT2D eigenvalue weighted by Gasteiger charge is 2.38. The predicted molar refractivity (Wildman–Crippen MR) is 110 cm³/mol. The SMILES string of the molecule is FC(F)(F)c1ccc(C(Nc2nccs2)(c2ccccc2)c2ccccc2)cc1. The second-order valence-electron chi connectivity index (χ2n) is 6.52. The number of rotatable bonds is 5. The van der Waals surface area contributed by atoms with Crippen molar-refractivity contribution in [1.82, 2.24) is 4.98 Å². The van der Waals surface area contributed by atoms with Crippen molar-refractivity contribution < 1.29 is 13.2 Å². The molecule has 1 heterocycles. The van der Waals surface area contributed by atoms with E-state index in [-0.39, 0.29) is 0 Å². The normalized spacial score (nSPS) is 12.0. The van der Waals surface area contributed by atoms with E-state index in [0.29, 0.717) is 10.7 Å². The Kier molecular flexibility index (Phi) is 5.11. The van der Waals surface area contributed by atoms with Gasteiger partial charge in [0.1, 0.15) is 5.54 Å². The fourth-order valence-corrected chi connectivity index (χ4v) is 4.03. The van der Waals surface area contributed by atoms with E-state index in [2.05, 4.69) is 10.3 Å². The van der Waals surface area contributed by atoms with Gasteiger partial charge in [-0.15, -0.1) is 11.3 Å². The Morgan fingerprint density at radius 2 is 1.14 bits per heavy atom. The molecule has 1 aromatic heterocycles. The van der Waals surface area contributed by atoms with Crippen LogP contribution < -0.4 is 5.32 Å². The number of hydrogen-bond donors (Lipinski definition) is 1. The molecule has 0 fully saturated rings. The van der Waals surface area contributed by atoms with Crippen molar-refractivity contribution in [3.05, 3.63) is 119 Å². The first-order chi connectivity index (χ1) is 14.0. The van der Waals surface area contributed by atoms with Gasteiger partial charge in [0.2, 0.25) is 0 Å². The summed E-state index contributed by atoms with van der Waals surface area (Å²) < 4.78 is 39.4. The lowest BCUT2D eigenvalue weighted by Gasteiger charge is -2.37. The lowest BCUT2D eigenvalue weighted by Crippen LogP contribution is -2.38. The second-order valence-corrected chi connectivity index (χ2v) is 7.41. The summed E-state index contributed by atoms with van der Waals surface area (Å²) in [6.07, 6.45) is -2.69.